The molecule has 0 radical (unpaired) electrons. The van der Waals surface area contributed by atoms with Crippen LogP contribution in [0.3, 0.4) is 0 Å². The second-order valence-corrected chi connectivity index (χ2v) is 9.30. The van der Waals surface area contributed by atoms with Crippen LogP contribution in [0.4, 0.5) is 11.4 Å². The fourth-order valence-electron chi connectivity index (χ4n) is 4.91. The van der Waals surface area contributed by atoms with Crippen molar-refractivity contribution in [2.75, 3.05) is 22.6 Å². The summed E-state index contributed by atoms with van der Waals surface area (Å²) in [6.07, 6.45) is 1.50. The van der Waals surface area contributed by atoms with E-state index in [4.69, 9.17) is 11.6 Å². The topological polar surface area (TPSA) is 119 Å². The fraction of sp³-hybridized carbons (Fsp3) is 0.107. The van der Waals surface area contributed by atoms with E-state index in [1.165, 1.54) is 30.5 Å². The van der Waals surface area contributed by atoms with Gasteiger partial charge in [-0.15, -0.1) is 11.6 Å². The number of H-pyrrole nitrogens is 1. The maximum Gasteiger partial charge on any atom is 0.274 e. The number of aromatic hydroxyl groups is 2. The smallest absolute Gasteiger partial charge is 0.274 e. The van der Waals surface area contributed by atoms with E-state index in [1.54, 1.807) is 23.1 Å². The van der Waals surface area contributed by atoms with Crippen LogP contribution in [0.5, 0.6) is 11.5 Å². The first-order valence-electron chi connectivity index (χ1n) is 11.6. The number of carbonyl (C=O) groups excluding carboxylic acids is 2. The van der Waals surface area contributed by atoms with Crippen molar-refractivity contribution >= 4 is 56.6 Å². The number of phenols is 2. The van der Waals surface area contributed by atoms with Crippen molar-refractivity contribution in [3.8, 4) is 11.5 Å². The fourth-order valence-corrected chi connectivity index (χ4v) is 5.16. The third kappa shape index (κ3) is 3.91. The van der Waals surface area contributed by atoms with Crippen LogP contribution < -0.4 is 10.2 Å². The molecule has 8 nitrogen and oxygen atoms in total. The Labute approximate surface area is 216 Å². The SMILES string of the molecule is O=C(Nc1cnc2[nH]c(C(=O)N3CC(CCl)c4c3cc(O)c3ccccc43)cc2c1)c1ccc(O)cc1. The second kappa shape index (κ2) is 8.83. The Hall–Kier alpha value is -4.56. The van der Waals surface area contributed by atoms with Crippen LogP contribution in [0.15, 0.2) is 72.9 Å². The molecular weight excluding hydrogens is 492 g/mol. The molecule has 0 fully saturated rings. The first-order valence-corrected chi connectivity index (χ1v) is 12.2. The van der Waals surface area contributed by atoms with Crippen LogP contribution in [-0.2, 0) is 0 Å². The molecule has 1 aliphatic rings. The molecule has 184 valence electrons. The molecule has 3 aromatic carbocycles. The largest absolute Gasteiger partial charge is 0.508 e. The summed E-state index contributed by atoms with van der Waals surface area (Å²) in [7, 11) is 0. The Bertz CT molecular complexity index is 1700. The van der Waals surface area contributed by atoms with Crippen molar-refractivity contribution in [2.45, 2.75) is 5.92 Å². The average Bonchev–Trinajstić information content (AvgIpc) is 3.50. The number of nitrogens with one attached hydrogen (secondary N) is 2. The van der Waals surface area contributed by atoms with Gasteiger partial charge in [0, 0.05) is 40.7 Å². The Morgan fingerprint density at radius 1 is 1.05 bits per heavy atom. The van der Waals surface area contributed by atoms with Gasteiger partial charge in [-0.3, -0.25) is 9.59 Å². The lowest BCUT2D eigenvalue weighted by molar-refractivity contribution is 0.0983. The Morgan fingerprint density at radius 3 is 2.57 bits per heavy atom. The molecule has 3 heterocycles. The molecule has 1 aliphatic heterocycles. The normalized spacial score (nSPS) is 14.7. The number of carbonyl (C=O) groups is 2. The minimum absolute atomic E-state index is 0.0738. The monoisotopic (exact) mass is 512 g/mol. The molecule has 6 rings (SSSR count). The van der Waals surface area contributed by atoms with Crippen molar-refractivity contribution in [1.29, 1.82) is 0 Å². The van der Waals surface area contributed by atoms with Gasteiger partial charge in [0.25, 0.3) is 11.8 Å². The summed E-state index contributed by atoms with van der Waals surface area (Å²) in [5.74, 6) is -0.170. The quantitative estimate of drug-likeness (QED) is 0.242. The minimum Gasteiger partial charge on any atom is -0.508 e. The summed E-state index contributed by atoms with van der Waals surface area (Å²) >= 11 is 6.30. The van der Waals surface area contributed by atoms with Gasteiger partial charge in [-0.25, -0.2) is 4.98 Å². The van der Waals surface area contributed by atoms with E-state index in [1.807, 2.05) is 24.3 Å². The molecule has 0 spiro atoms. The zero-order valence-corrected chi connectivity index (χ0v) is 20.2. The summed E-state index contributed by atoms with van der Waals surface area (Å²) in [4.78, 5) is 35.2. The molecule has 0 aliphatic carbocycles. The molecule has 0 saturated carbocycles. The predicted molar refractivity (Wildman–Crippen MR) is 143 cm³/mol. The number of benzene rings is 3. The van der Waals surface area contributed by atoms with Gasteiger partial charge in [0.2, 0.25) is 0 Å². The van der Waals surface area contributed by atoms with E-state index in [2.05, 4.69) is 15.3 Å². The predicted octanol–water partition coefficient (Wildman–Crippen LogP) is 5.36. The van der Waals surface area contributed by atoms with Crippen LogP contribution >= 0.6 is 11.6 Å². The highest BCUT2D eigenvalue weighted by molar-refractivity contribution is 6.19. The highest BCUT2D eigenvalue weighted by Gasteiger charge is 2.35. The number of nitrogens with zero attached hydrogens (tertiary/aromatic N) is 2. The summed E-state index contributed by atoms with van der Waals surface area (Å²) in [6.45, 7) is 0.391. The van der Waals surface area contributed by atoms with Gasteiger partial charge in [0.15, 0.2) is 0 Å². The second-order valence-electron chi connectivity index (χ2n) is 8.99. The van der Waals surface area contributed by atoms with Gasteiger partial charge in [-0.05, 0) is 47.3 Å². The number of alkyl halides is 1. The van der Waals surface area contributed by atoms with E-state index >= 15 is 0 Å². The molecule has 2 amide bonds. The molecular formula is C28H21ClN4O4. The van der Waals surface area contributed by atoms with Crippen LogP contribution in [0.25, 0.3) is 21.8 Å². The maximum atomic E-state index is 13.6. The standard InChI is InChI=1S/C28H21ClN4O4/c29-12-17-14-33(23-11-24(35)20-3-1-2-4-21(20)25(17)23)28(37)22-10-16-9-18(13-30-26(16)32-22)31-27(36)15-5-7-19(34)8-6-15/h1-11,13,17,34-35H,12,14H2,(H,30,32)(H,31,36). The third-order valence-electron chi connectivity index (χ3n) is 6.66. The first kappa shape index (κ1) is 22.9. The highest BCUT2D eigenvalue weighted by atomic mass is 35.5. The Morgan fingerprint density at radius 2 is 1.81 bits per heavy atom. The molecule has 2 aromatic heterocycles. The average molecular weight is 513 g/mol. The van der Waals surface area contributed by atoms with Gasteiger partial charge in [0.1, 0.15) is 22.8 Å². The van der Waals surface area contributed by atoms with E-state index in [0.29, 0.717) is 46.1 Å². The molecule has 4 N–H and O–H groups in total. The summed E-state index contributed by atoms with van der Waals surface area (Å²) in [6, 6.07) is 18.5. The number of hydrogen-bond donors (Lipinski definition) is 4. The number of anilines is 2. The van der Waals surface area contributed by atoms with Crippen molar-refractivity contribution in [2.24, 2.45) is 0 Å². The van der Waals surface area contributed by atoms with Crippen LogP contribution in [0.2, 0.25) is 0 Å². The van der Waals surface area contributed by atoms with Gasteiger partial charge in [-0.2, -0.15) is 0 Å². The molecule has 5 aromatic rings. The number of hydrogen-bond acceptors (Lipinski definition) is 5. The number of aromatic amines is 1. The molecule has 0 bridgehead atoms. The number of fused-ring (bicyclic) bond motifs is 4. The number of pyridine rings is 1. The number of aromatic nitrogens is 2. The van der Waals surface area contributed by atoms with E-state index in [0.717, 1.165) is 16.3 Å². The maximum absolute atomic E-state index is 13.6. The highest BCUT2D eigenvalue weighted by Crippen LogP contribution is 2.45. The lowest BCUT2D eigenvalue weighted by atomic mass is 9.95. The van der Waals surface area contributed by atoms with Crippen molar-refractivity contribution in [3.05, 3.63) is 89.7 Å². The summed E-state index contributed by atoms with van der Waals surface area (Å²) < 4.78 is 0. The molecule has 37 heavy (non-hydrogen) atoms. The minimum atomic E-state index is -0.346. The van der Waals surface area contributed by atoms with E-state index in [-0.39, 0.29) is 29.2 Å². The third-order valence-corrected chi connectivity index (χ3v) is 7.04. The van der Waals surface area contributed by atoms with E-state index in [9.17, 15) is 19.8 Å². The van der Waals surface area contributed by atoms with Crippen LogP contribution in [0.1, 0.15) is 32.3 Å². The number of amides is 2. The summed E-state index contributed by atoms with van der Waals surface area (Å²) in [5, 5.41) is 25.1. The van der Waals surface area contributed by atoms with Crippen LogP contribution in [0, 0.1) is 0 Å². The molecule has 9 heteroatoms. The number of rotatable bonds is 4. The van der Waals surface area contributed by atoms with Crippen molar-refractivity contribution < 1.29 is 19.8 Å². The van der Waals surface area contributed by atoms with Gasteiger partial charge in [0.05, 0.1) is 17.6 Å². The Kier molecular flexibility index (Phi) is 5.46. The molecule has 0 saturated heterocycles. The van der Waals surface area contributed by atoms with Crippen LogP contribution in [-0.4, -0.2) is 44.4 Å². The zero-order valence-electron chi connectivity index (χ0n) is 19.4. The molecule has 1 atom stereocenters. The molecule has 1 unspecified atom stereocenters. The number of phenolic OH excluding ortho intramolecular Hbond substituents is 2. The number of halogens is 1. The van der Waals surface area contributed by atoms with E-state index < -0.39 is 0 Å². The van der Waals surface area contributed by atoms with Gasteiger partial charge in [-0.1, -0.05) is 24.3 Å². The zero-order chi connectivity index (χ0) is 25.7. The van der Waals surface area contributed by atoms with Crippen molar-refractivity contribution in [3.63, 3.8) is 0 Å². The van der Waals surface area contributed by atoms with Crippen molar-refractivity contribution in [1.82, 2.24) is 9.97 Å². The summed E-state index contributed by atoms with van der Waals surface area (Å²) in [5.41, 5.74) is 3.28. The van der Waals surface area contributed by atoms with Gasteiger partial charge >= 0.3 is 0 Å². The lowest BCUT2D eigenvalue weighted by Gasteiger charge is -2.17. The Balaban J connectivity index is 1.31. The first-order chi connectivity index (χ1) is 17.9. The lowest BCUT2D eigenvalue weighted by Crippen LogP contribution is -2.30. The van der Waals surface area contributed by atoms with Gasteiger partial charge < -0.3 is 25.4 Å².